The van der Waals surface area contributed by atoms with Crippen LogP contribution in [0.25, 0.3) is 11.4 Å². The Labute approximate surface area is 200 Å². The van der Waals surface area contributed by atoms with Gasteiger partial charge in [-0.05, 0) is 29.0 Å². The summed E-state index contributed by atoms with van der Waals surface area (Å²) in [5, 5.41) is 17.3. The Kier molecular flexibility index (Phi) is 6.33. The lowest BCUT2D eigenvalue weighted by Gasteiger charge is -2.34. The van der Waals surface area contributed by atoms with Gasteiger partial charge in [0.2, 0.25) is 5.82 Å². The van der Waals surface area contributed by atoms with Crippen LogP contribution in [0.15, 0.2) is 60.8 Å². The van der Waals surface area contributed by atoms with E-state index in [0.717, 1.165) is 11.1 Å². The average Bonchev–Trinajstić information content (AvgIpc) is 3.52. The number of halogens is 2. The third-order valence-electron chi connectivity index (χ3n) is 5.68. The number of tetrazole rings is 1. The van der Waals surface area contributed by atoms with Gasteiger partial charge in [0, 0.05) is 49.5 Å². The van der Waals surface area contributed by atoms with Gasteiger partial charge in [-0.25, -0.2) is 9.07 Å². The van der Waals surface area contributed by atoms with Crippen LogP contribution >= 0.6 is 11.6 Å². The number of hydrogen-bond donors (Lipinski definition) is 0. The molecule has 5 rings (SSSR count). The van der Waals surface area contributed by atoms with Gasteiger partial charge in [0.1, 0.15) is 11.5 Å². The van der Waals surface area contributed by atoms with E-state index < -0.39 is 0 Å². The Hall–Kier alpha value is -3.63. The number of piperazine rings is 1. The first-order valence-corrected chi connectivity index (χ1v) is 11.3. The van der Waals surface area contributed by atoms with E-state index in [-0.39, 0.29) is 18.4 Å². The zero-order valence-corrected chi connectivity index (χ0v) is 19.0. The van der Waals surface area contributed by atoms with Crippen molar-refractivity contribution in [3.63, 3.8) is 0 Å². The molecule has 1 aliphatic heterocycles. The van der Waals surface area contributed by atoms with E-state index in [2.05, 4.69) is 25.4 Å². The lowest BCUT2D eigenvalue weighted by atomic mass is 10.2. The molecule has 0 unspecified atom stereocenters. The highest BCUT2D eigenvalue weighted by Crippen LogP contribution is 2.20. The number of amides is 1. The number of hydrogen-bond acceptors (Lipinski definition) is 6. The first-order valence-electron chi connectivity index (χ1n) is 10.9. The minimum Gasteiger partial charge on any atom is -0.335 e. The summed E-state index contributed by atoms with van der Waals surface area (Å²) in [4.78, 5) is 18.3. The van der Waals surface area contributed by atoms with Crippen molar-refractivity contribution in [1.29, 1.82) is 0 Å². The van der Waals surface area contributed by atoms with Crippen LogP contribution in [0.5, 0.6) is 0 Å². The molecule has 0 bridgehead atoms. The van der Waals surface area contributed by atoms with Crippen LogP contribution in [0, 0.1) is 5.82 Å². The molecule has 174 valence electrons. The highest BCUT2D eigenvalue weighted by atomic mass is 35.5. The van der Waals surface area contributed by atoms with E-state index in [1.54, 1.807) is 27.9 Å². The largest absolute Gasteiger partial charge is 0.335 e. The molecule has 4 aromatic rings. The molecule has 1 fully saturated rings. The Morgan fingerprint density at radius 2 is 1.79 bits per heavy atom. The standard InChI is InChI=1S/C23H22ClFN8O/c24-20-14-19(25)7-6-18(20)15-30-10-12-31(13-11-30)23(34)21-8-9-32(27-21)16-33-28-22(26-29-33)17-4-2-1-3-5-17/h1-9,14H,10-13,15-16H2. The van der Waals surface area contributed by atoms with Crippen LogP contribution in [-0.2, 0) is 13.2 Å². The van der Waals surface area contributed by atoms with E-state index in [1.165, 1.54) is 16.9 Å². The van der Waals surface area contributed by atoms with Crippen LogP contribution in [0.2, 0.25) is 5.02 Å². The lowest BCUT2D eigenvalue weighted by Crippen LogP contribution is -2.48. The second-order valence-electron chi connectivity index (χ2n) is 8.04. The predicted molar refractivity (Wildman–Crippen MR) is 123 cm³/mol. The summed E-state index contributed by atoms with van der Waals surface area (Å²) in [6.07, 6.45) is 1.73. The predicted octanol–water partition coefficient (Wildman–Crippen LogP) is 2.79. The number of carbonyl (C=O) groups excluding carboxylic acids is 1. The third-order valence-corrected chi connectivity index (χ3v) is 6.04. The van der Waals surface area contributed by atoms with Crippen molar-refractivity contribution in [3.05, 3.63) is 82.9 Å². The Balaban J connectivity index is 1.16. The third kappa shape index (κ3) is 4.97. The molecule has 0 radical (unpaired) electrons. The van der Waals surface area contributed by atoms with Crippen LogP contribution in [0.1, 0.15) is 16.1 Å². The molecule has 0 N–H and O–H groups in total. The van der Waals surface area contributed by atoms with Gasteiger partial charge in [0.05, 0.1) is 0 Å². The maximum Gasteiger partial charge on any atom is 0.274 e. The molecule has 34 heavy (non-hydrogen) atoms. The van der Waals surface area contributed by atoms with Crippen molar-refractivity contribution < 1.29 is 9.18 Å². The Bertz CT molecular complexity index is 1280. The monoisotopic (exact) mass is 480 g/mol. The first kappa shape index (κ1) is 22.2. The van der Waals surface area contributed by atoms with Crippen LogP contribution in [0.4, 0.5) is 4.39 Å². The molecule has 0 atom stereocenters. The fourth-order valence-corrected chi connectivity index (χ4v) is 4.08. The van der Waals surface area contributed by atoms with Crippen molar-refractivity contribution in [3.8, 4) is 11.4 Å². The zero-order chi connectivity index (χ0) is 23.5. The van der Waals surface area contributed by atoms with Gasteiger partial charge in [-0.3, -0.25) is 9.69 Å². The quantitative estimate of drug-likeness (QED) is 0.422. The number of rotatable bonds is 6. The van der Waals surface area contributed by atoms with Crippen molar-refractivity contribution in [1.82, 2.24) is 39.8 Å². The van der Waals surface area contributed by atoms with Gasteiger partial charge in [-0.15, -0.1) is 15.0 Å². The zero-order valence-electron chi connectivity index (χ0n) is 18.3. The summed E-state index contributed by atoms with van der Waals surface area (Å²) < 4.78 is 14.9. The minimum atomic E-state index is -0.347. The number of benzene rings is 2. The number of carbonyl (C=O) groups is 1. The molecule has 11 heteroatoms. The first-order chi connectivity index (χ1) is 16.5. The van der Waals surface area contributed by atoms with Gasteiger partial charge in [0.15, 0.2) is 6.67 Å². The van der Waals surface area contributed by atoms with E-state index in [1.807, 2.05) is 30.3 Å². The maximum absolute atomic E-state index is 13.3. The summed E-state index contributed by atoms with van der Waals surface area (Å²) >= 11 is 6.14. The normalized spacial score (nSPS) is 14.5. The minimum absolute atomic E-state index is 0.116. The van der Waals surface area contributed by atoms with Crippen molar-refractivity contribution in [2.24, 2.45) is 0 Å². The highest BCUT2D eigenvalue weighted by Gasteiger charge is 2.24. The molecule has 0 saturated carbocycles. The van der Waals surface area contributed by atoms with Crippen molar-refractivity contribution in [2.75, 3.05) is 26.2 Å². The second kappa shape index (κ2) is 9.70. The molecular weight excluding hydrogens is 459 g/mol. The molecule has 2 aromatic heterocycles. The van der Waals surface area contributed by atoms with E-state index >= 15 is 0 Å². The van der Waals surface area contributed by atoms with Crippen LogP contribution in [-0.4, -0.2) is 71.9 Å². The van der Waals surface area contributed by atoms with Crippen LogP contribution in [0.3, 0.4) is 0 Å². The van der Waals surface area contributed by atoms with E-state index in [0.29, 0.717) is 49.3 Å². The fourth-order valence-electron chi connectivity index (χ4n) is 3.85. The van der Waals surface area contributed by atoms with E-state index in [4.69, 9.17) is 11.6 Å². The second-order valence-corrected chi connectivity index (χ2v) is 8.44. The molecule has 2 aromatic carbocycles. The van der Waals surface area contributed by atoms with Crippen molar-refractivity contribution >= 4 is 17.5 Å². The molecule has 0 aliphatic carbocycles. The van der Waals surface area contributed by atoms with Gasteiger partial charge in [0.25, 0.3) is 5.91 Å². The van der Waals surface area contributed by atoms with Crippen LogP contribution < -0.4 is 0 Å². The summed E-state index contributed by atoms with van der Waals surface area (Å²) in [5.74, 6) is 0.0680. The summed E-state index contributed by atoms with van der Waals surface area (Å²) in [6, 6.07) is 15.7. The topological polar surface area (TPSA) is 85.0 Å². The van der Waals surface area contributed by atoms with E-state index in [9.17, 15) is 9.18 Å². The maximum atomic E-state index is 13.3. The number of aromatic nitrogens is 6. The molecular formula is C23H22ClFN8O. The molecule has 1 amide bonds. The summed E-state index contributed by atoms with van der Waals surface area (Å²) in [5.41, 5.74) is 2.13. The summed E-state index contributed by atoms with van der Waals surface area (Å²) in [6.45, 7) is 3.42. The van der Waals surface area contributed by atoms with Gasteiger partial charge in [-0.2, -0.15) is 5.10 Å². The molecule has 9 nitrogen and oxygen atoms in total. The Morgan fingerprint density at radius 1 is 1.00 bits per heavy atom. The number of nitrogens with zero attached hydrogens (tertiary/aromatic N) is 8. The smallest absolute Gasteiger partial charge is 0.274 e. The highest BCUT2D eigenvalue weighted by molar-refractivity contribution is 6.31. The fraction of sp³-hybridized carbons (Fsp3) is 0.261. The SMILES string of the molecule is O=C(c1ccn(Cn2nnc(-c3ccccc3)n2)n1)N1CCN(Cc2ccc(F)cc2Cl)CC1. The van der Waals surface area contributed by atoms with Crippen molar-refractivity contribution in [2.45, 2.75) is 13.2 Å². The average molecular weight is 481 g/mol. The lowest BCUT2D eigenvalue weighted by molar-refractivity contribution is 0.0621. The molecule has 0 spiro atoms. The molecule has 3 heterocycles. The molecule has 1 saturated heterocycles. The summed E-state index contributed by atoms with van der Waals surface area (Å²) in [7, 11) is 0. The van der Waals surface area contributed by atoms with Gasteiger partial charge < -0.3 is 4.90 Å². The Morgan fingerprint density at radius 3 is 2.56 bits per heavy atom. The molecule has 1 aliphatic rings. The van der Waals surface area contributed by atoms with Gasteiger partial charge in [-0.1, -0.05) is 48.0 Å². The van der Waals surface area contributed by atoms with Gasteiger partial charge >= 0.3 is 0 Å².